The maximum atomic E-state index is 13.8. The van der Waals surface area contributed by atoms with Crippen LogP contribution in [0.1, 0.15) is 94.6 Å². The van der Waals surface area contributed by atoms with Crippen molar-refractivity contribution in [2.45, 2.75) is 97.6 Å². The highest BCUT2D eigenvalue weighted by Crippen LogP contribution is 2.66. The van der Waals surface area contributed by atoms with Crippen molar-refractivity contribution < 1.29 is 4.79 Å². The van der Waals surface area contributed by atoms with Crippen molar-refractivity contribution in [1.29, 1.82) is 0 Å². The van der Waals surface area contributed by atoms with Crippen LogP contribution in [0, 0.1) is 23.7 Å². The smallest absolute Gasteiger partial charge is 0.257 e. The first-order valence-corrected chi connectivity index (χ1v) is 12.6. The molecule has 4 atom stereocenters. The van der Waals surface area contributed by atoms with E-state index in [0.717, 1.165) is 56.3 Å². The number of carbonyl (C=O) groups excluding carboxylic acids is 1. The first-order chi connectivity index (χ1) is 15.2. The Hall–Kier alpha value is -2.10. The minimum Gasteiger partial charge on any atom is -0.346 e. The van der Waals surface area contributed by atoms with E-state index >= 15 is 0 Å². The van der Waals surface area contributed by atoms with Gasteiger partial charge in [0.2, 0.25) is 5.43 Å². The Balaban J connectivity index is 1.53. The quantitative estimate of drug-likeness (QED) is 0.569. The number of amides is 1. The summed E-state index contributed by atoms with van der Waals surface area (Å²) in [6.45, 7) is 9.82. The van der Waals surface area contributed by atoms with Gasteiger partial charge in [-0.25, -0.2) is 0 Å². The van der Waals surface area contributed by atoms with E-state index in [2.05, 4.69) is 30.7 Å². The molecule has 1 aromatic carbocycles. The van der Waals surface area contributed by atoms with E-state index in [-0.39, 0.29) is 16.9 Å². The molecule has 0 aliphatic heterocycles. The van der Waals surface area contributed by atoms with E-state index in [9.17, 15) is 9.59 Å². The monoisotopic (exact) mass is 434 g/mol. The van der Waals surface area contributed by atoms with Crippen molar-refractivity contribution in [2.75, 3.05) is 0 Å². The van der Waals surface area contributed by atoms with Crippen LogP contribution in [0.15, 0.2) is 29.1 Å². The molecular formula is C28H38N2O2. The lowest BCUT2D eigenvalue weighted by Gasteiger charge is -2.65. The van der Waals surface area contributed by atoms with Gasteiger partial charge in [-0.3, -0.25) is 9.59 Å². The summed E-state index contributed by atoms with van der Waals surface area (Å²) >= 11 is 0. The van der Waals surface area contributed by atoms with Crippen LogP contribution in [-0.2, 0) is 6.54 Å². The van der Waals surface area contributed by atoms with Crippen LogP contribution in [0.3, 0.4) is 0 Å². The molecule has 0 saturated heterocycles. The second-order valence-corrected chi connectivity index (χ2v) is 12.0. The topological polar surface area (TPSA) is 51.1 Å². The number of nitrogens with zero attached hydrogens (tertiary/aromatic N) is 1. The van der Waals surface area contributed by atoms with Crippen molar-refractivity contribution in [3.05, 3.63) is 45.7 Å². The summed E-state index contributed by atoms with van der Waals surface area (Å²) in [5, 5.41) is 4.14. The maximum Gasteiger partial charge on any atom is 0.257 e. The van der Waals surface area contributed by atoms with Gasteiger partial charge in [0.05, 0.1) is 5.52 Å². The van der Waals surface area contributed by atoms with E-state index in [1.54, 1.807) is 0 Å². The molecule has 2 aromatic rings. The number of unbranched alkanes of at least 4 members (excludes halogenated alkanes) is 2. The molecule has 2 unspecified atom stereocenters. The summed E-state index contributed by atoms with van der Waals surface area (Å²) in [6.07, 6.45) is 10.4. The van der Waals surface area contributed by atoms with Crippen LogP contribution in [0.25, 0.3) is 10.9 Å². The highest BCUT2D eigenvalue weighted by molar-refractivity contribution is 5.99. The van der Waals surface area contributed by atoms with Crippen molar-refractivity contribution in [3.63, 3.8) is 0 Å². The minimum absolute atomic E-state index is 0.121. The third-order valence-electron chi connectivity index (χ3n) is 8.65. The zero-order valence-electron chi connectivity index (χ0n) is 20.2. The molecule has 4 aliphatic rings. The Morgan fingerprint density at radius 1 is 1.06 bits per heavy atom. The Morgan fingerprint density at radius 3 is 2.41 bits per heavy atom. The van der Waals surface area contributed by atoms with Crippen LogP contribution in [0.2, 0.25) is 0 Å². The number of hydrogen-bond acceptors (Lipinski definition) is 2. The summed E-state index contributed by atoms with van der Waals surface area (Å²) in [4.78, 5) is 27.3. The predicted molar refractivity (Wildman–Crippen MR) is 130 cm³/mol. The second-order valence-electron chi connectivity index (χ2n) is 12.0. The molecule has 4 aliphatic carbocycles. The molecule has 0 radical (unpaired) electrons. The summed E-state index contributed by atoms with van der Waals surface area (Å²) in [6, 6.07) is 7.77. The Morgan fingerprint density at radius 2 is 1.75 bits per heavy atom. The lowest BCUT2D eigenvalue weighted by atomic mass is 9.43. The maximum absolute atomic E-state index is 13.8. The SMILES string of the molecule is CCCCCn1c(C)c(C(=O)NC23CC4C[C@@](C)(C2)C[C@](C)(C4)C3)c(=O)c2ccccc21. The van der Waals surface area contributed by atoms with Crippen LogP contribution in [0.4, 0.5) is 0 Å². The fraction of sp³-hybridized carbons (Fsp3) is 0.643. The van der Waals surface area contributed by atoms with E-state index in [1.165, 1.54) is 19.3 Å². The van der Waals surface area contributed by atoms with Crippen LogP contribution in [-0.4, -0.2) is 16.0 Å². The largest absolute Gasteiger partial charge is 0.346 e. The van der Waals surface area contributed by atoms with Gasteiger partial charge in [0.1, 0.15) is 5.56 Å². The van der Waals surface area contributed by atoms with Gasteiger partial charge >= 0.3 is 0 Å². The van der Waals surface area contributed by atoms with Gasteiger partial charge in [0, 0.05) is 23.2 Å². The van der Waals surface area contributed by atoms with Gasteiger partial charge in [0.15, 0.2) is 0 Å². The Bertz CT molecular complexity index is 1110. The minimum atomic E-state index is -0.156. The number of pyridine rings is 1. The zero-order chi connectivity index (χ0) is 22.7. The summed E-state index contributed by atoms with van der Waals surface area (Å²) < 4.78 is 2.20. The number of nitrogens with one attached hydrogen (secondary N) is 1. The average Bonchev–Trinajstić information content (AvgIpc) is 2.67. The molecule has 1 N–H and O–H groups in total. The number of hydrogen-bond donors (Lipinski definition) is 1. The standard InChI is InChI=1S/C28H38N2O2/c1-5-6-9-12-30-19(2)23(24(31)21-10-7-8-11-22(21)30)25(32)29-28-15-20-13-26(3,17-28)16-27(4,14-20)18-28/h7-8,10-11,20H,5-6,9,12-18H2,1-4H3,(H,29,32)/t20?,26-,27+,28?. The summed E-state index contributed by atoms with van der Waals surface area (Å²) in [5.41, 5.74) is 2.47. The molecule has 1 aromatic heterocycles. The molecule has 4 nitrogen and oxygen atoms in total. The van der Waals surface area contributed by atoms with Gasteiger partial charge in [-0.15, -0.1) is 0 Å². The zero-order valence-corrected chi connectivity index (χ0v) is 20.2. The first-order valence-electron chi connectivity index (χ1n) is 12.6. The second kappa shape index (κ2) is 7.46. The number of rotatable bonds is 6. The van der Waals surface area contributed by atoms with Gasteiger partial charge in [-0.1, -0.05) is 45.7 Å². The molecule has 4 fully saturated rings. The molecule has 32 heavy (non-hydrogen) atoms. The van der Waals surface area contributed by atoms with Crippen LogP contribution in [0.5, 0.6) is 0 Å². The number of para-hydroxylation sites is 1. The average molecular weight is 435 g/mol. The molecular weight excluding hydrogens is 396 g/mol. The van der Waals surface area contributed by atoms with E-state index in [1.807, 2.05) is 31.2 Å². The molecule has 1 amide bonds. The number of aromatic nitrogens is 1. The fourth-order valence-corrected chi connectivity index (χ4v) is 8.48. The highest BCUT2D eigenvalue weighted by atomic mass is 16.2. The van der Waals surface area contributed by atoms with Gasteiger partial charge in [0.25, 0.3) is 5.91 Å². The summed E-state index contributed by atoms with van der Waals surface area (Å²) in [7, 11) is 0. The van der Waals surface area contributed by atoms with E-state index in [4.69, 9.17) is 0 Å². The van der Waals surface area contributed by atoms with Crippen molar-refractivity contribution in [2.24, 2.45) is 16.7 Å². The number of benzene rings is 1. The normalized spacial score (nSPS) is 33.1. The number of carbonyl (C=O) groups is 1. The third kappa shape index (κ3) is 3.50. The van der Waals surface area contributed by atoms with E-state index in [0.29, 0.717) is 27.7 Å². The van der Waals surface area contributed by atoms with Crippen molar-refractivity contribution in [1.82, 2.24) is 9.88 Å². The van der Waals surface area contributed by atoms with Crippen molar-refractivity contribution >= 4 is 16.8 Å². The molecule has 4 heteroatoms. The number of fused-ring (bicyclic) bond motifs is 1. The lowest BCUT2D eigenvalue weighted by molar-refractivity contribution is -0.114. The van der Waals surface area contributed by atoms with E-state index < -0.39 is 0 Å². The molecule has 4 saturated carbocycles. The fourth-order valence-electron chi connectivity index (χ4n) is 8.48. The third-order valence-corrected chi connectivity index (χ3v) is 8.65. The summed E-state index contributed by atoms with van der Waals surface area (Å²) in [5.74, 6) is 0.543. The first kappa shape index (κ1) is 21.7. The Labute approximate surface area is 191 Å². The molecule has 4 bridgehead atoms. The predicted octanol–water partition coefficient (Wildman–Crippen LogP) is 5.98. The molecule has 0 spiro atoms. The van der Waals surface area contributed by atoms with Crippen molar-refractivity contribution in [3.8, 4) is 0 Å². The molecule has 1 heterocycles. The van der Waals surface area contributed by atoms with Gasteiger partial charge in [-0.2, -0.15) is 0 Å². The van der Waals surface area contributed by atoms with Crippen LogP contribution >= 0.6 is 0 Å². The van der Waals surface area contributed by atoms with Crippen LogP contribution < -0.4 is 10.7 Å². The molecule has 172 valence electrons. The lowest BCUT2D eigenvalue weighted by Crippen LogP contribution is -2.65. The number of aryl methyl sites for hydroxylation is 1. The van der Waals surface area contributed by atoms with Gasteiger partial charge in [-0.05, 0) is 80.8 Å². The highest BCUT2D eigenvalue weighted by Gasteiger charge is 2.60. The molecule has 6 rings (SSSR count). The van der Waals surface area contributed by atoms with Gasteiger partial charge < -0.3 is 9.88 Å². The Kier molecular flexibility index (Phi) is 5.07.